The lowest BCUT2D eigenvalue weighted by Crippen LogP contribution is -2.49. The third-order valence-corrected chi connectivity index (χ3v) is 6.25. The molecule has 4 rings (SSSR count). The zero-order valence-corrected chi connectivity index (χ0v) is 21.0. The molecular formula is C30H35NO5. The first-order valence-electron chi connectivity index (χ1n) is 12.4. The fourth-order valence-corrected chi connectivity index (χ4v) is 4.51. The normalized spacial score (nSPS) is 18.8. The minimum atomic E-state index is -0.835. The van der Waals surface area contributed by atoms with Crippen LogP contribution in [0.3, 0.4) is 0 Å². The average Bonchev–Trinajstić information content (AvgIpc) is 3.16. The highest BCUT2D eigenvalue weighted by Gasteiger charge is 2.50. The molecule has 190 valence electrons. The van der Waals surface area contributed by atoms with Crippen molar-refractivity contribution in [2.24, 2.45) is 0 Å². The molecule has 3 aromatic carbocycles. The standard InChI is InChI=1S/C30H35NO5/c1-30(2)31(29(32)35-22-26-16-10-5-11-17-26)27(18-19-33-20-24-12-6-3-7-13-24)28(36-30)23-34-21-25-14-8-4-9-15-25/h3-17,27-28H,18-23H2,1-2H3/t27-,28-/m1/s1. The summed E-state index contributed by atoms with van der Waals surface area (Å²) in [6, 6.07) is 29.5. The largest absolute Gasteiger partial charge is 0.444 e. The van der Waals surface area contributed by atoms with Gasteiger partial charge in [0.15, 0.2) is 0 Å². The van der Waals surface area contributed by atoms with Crippen LogP contribution in [0.2, 0.25) is 0 Å². The molecule has 0 bridgehead atoms. The molecule has 2 atom stereocenters. The number of benzene rings is 3. The van der Waals surface area contributed by atoms with Crippen molar-refractivity contribution in [3.63, 3.8) is 0 Å². The van der Waals surface area contributed by atoms with Crippen LogP contribution in [-0.2, 0) is 38.8 Å². The molecule has 0 aliphatic carbocycles. The van der Waals surface area contributed by atoms with E-state index in [-0.39, 0.29) is 18.8 Å². The molecule has 0 saturated carbocycles. The van der Waals surface area contributed by atoms with Crippen LogP contribution >= 0.6 is 0 Å². The summed E-state index contributed by atoms with van der Waals surface area (Å²) < 4.78 is 24.0. The highest BCUT2D eigenvalue weighted by molar-refractivity contribution is 5.69. The van der Waals surface area contributed by atoms with Gasteiger partial charge in [-0.15, -0.1) is 0 Å². The molecule has 0 unspecified atom stereocenters. The number of nitrogens with zero attached hydrogens (tertiary/aromatic N) is 1. The van der Waals surface area contributed by atoms with Gasteiger partial charge in [-0.25, -0.2) is 4.79 Å². The highest BCUT2D eigenvalue weighted by Crippen LogP contribution is 2.35. The Morgan fingerprint density at radius 1 is 0.778 bits per heavy atom. The van der Waals surface area contributed by atoms with Crippen molar-refractivity contribution in [2.45, 2.75) is 58.0 Å². The third-order valence-electron chi connectivity index (χ3n) is 6.25. The monoisotopic (exact) mass is 489 g/mol. The Bertz CT molecular complexity index is 1060. The molecule has 0 N–H and O–H groups in total. The maximum Gasteiger partial charge on any atom is 0.412 e. The molecule has 1 saturated heterocycles. The van der Waals surface area contributed by atoms with Crippen molar-refractivity contribution in [1.82, 2.24) is 4.90 Å². The average molecular weight is 490 g/mol. The summed E-state index contributed by atoms with van der Waals surface area (Å²) in [5.74, 6) is 0. The quantitative estimate of drug-likeness (QED) is 0.312. The van der Waals surface area contributed by atoms with Crippen molar-refractivity contribution in [3.05, 3.63) is 108 Å². The van der Waals surface area contributed by atoms with E-state index in [9.17, 15) is 4.79 Å². The summed E-state index contributed by atoms with van der Waals surface area (Å²) in [5.41, 5.74) is 2.31. The van der Waals surface area contributed by atoms with Gasteiger partial charge in [0.1, 0.15) is 18.4 Å². The number of carbonyl (C=O) groups is 1. The fourth-order valence-electron chi connectivity index (χ4n) is 4.51. The second-order valence-corrected chi connectivity index (χ2v) is 9.41. The van der Waals surface area contributed by atoms with Gasteiger partial charge in [-0.3, -0.25) is 4.90 Å². The van der Waals surface area contributed by atoms with Crippen LogP contribution in [0.1, 0.15) is 37.0 Å². The van der Waals surface area contributed by atoms with Gasteiger partial charge in [0, 0.05) is 6.61 Å². The molecule has 1 aliphatic heterocycles. The first-order chi connectivity index (χ1) is 17.5. The smallest absolute Gasteiger partial charge is 0.412 e. The van der Waals surface area contributed by atoms with Crippen LogP contribution in [0, 0.1) is 0 Å². The molecule has 36 heavy (non-hydrogen) atoms. The lowest BCUT2D eigenvalue weighted by molar-refractivity contribution is -0.0893. The Morgan fingerprint density at radius 2 is 1.28 bits per heavy atom. The van der Waals surface area contributed by atoms with E-state index < -0.39 is 11.8 Å². The summed E-state index contributed by atoms with van der Waals surface area (Å²) >= 11 is 0. The summed E-state index contributed by atoms with van der Waals surface area (Å²) in [7, 11) is 0. The maximum atomic E-state index is 13.3. The van der Waals surface area contributed by atoms with Crippen molar-refractivity contribution < 1.29 is 23.7 Å². The van der Waals surface area contributed by atoms with Crippen molar-refractivity contribution >= 4 is 6.09 Å². The lowest BCUT2D eigenvalue weighted by Gasteiger charge is -2.32. The zero-order valence-electron chi connectivity index (χ0n) is 21.0. The third kappa shape index (κ3) is 7.17. The van der Waals surface area contributed by atoms with Gasteiger partial charge in [0.25, 0.3) is 0 Å². The van der Waals surface area contributed by atoms with E-state index in [1.807, 2.05) is 105 Å². The van der Waals surface area contributed by atoms with E-state index in [4.69, 9.17) is 18.9 Å². The minimum Gasteiger partial charge on any atom is -0.444 e. The molecule has 6 heteroatoms. The summed E-state index contributed by atoms with van der Waals surface area (Å²) in [4.78, 5) is 15.0. The van der Waals surface area contributed by atoms with Gasteiger partial charge < -0.3 is 18.9 Å². The van der Waals surface area contributed by atoms with Gasteiger partial charge in [-0.05, 0) is 37.0 Å². The van der Waals surface area contributed by atoms with Gasteiger partial charge in [0.2, 0.25) is 0 Å². The number of hydrogen-bond acceptors (Lipinski definition) is 5. The van der Waals surface area contributed by atoms with Crippen LogP contribution in [-0.4, -0.2) is 42.1 Å². The predicted octanol–water partition coefficient (Wildman–Crippen LogP) is 5.95. The first-order valence-corrected chi connectivity index (χ1v) is 12.4. The molecule has 1 heterocycles. The molecule has 1 amide bonds. The molecule has 0 radical (unpaired) electrons. The first kappa shape index (κ1) is 25.9. The number of ether oxygens (including phenoxy) is 4. The van der Waals surface area contributed by atoms with Gasteiger partial charge in [-0.1, -0.05) is 91.0 Å². The van der Waals surface area contributed by atoms with Gasteiger partial charge >= 0.3 is 6.09 Å². The van der Waals surface area contributed by atoms with Crippen LogP contribution in [0.15, 0.2) is 91.0 Å². The molecule has 0 aromatic heterocycles. The van der Waals surface area contributed by atoms with E-state index in [1.54, 1.807) is 4.90 Å². The summed E-state index contributed by atoms with van der Waals surface area (Å²) in [6.45, 7) is 5.85. The Kier molecular flexibility index (Phi) is 9.11. The van der Waals surface area contributed by atoms with Crippen molar-refractivity contribution in [1.29, 1.82) is 0 Å². The minimum absolute atomic E-state index is 0.207. The second kappa shape index (κ2) is 12.7. The fraction of sp³-hybridized carbons (Fsp3) is 0.367. The van der Waals surface area contributed by atoms with E-state index in [0.717, 1.165) is 16.7 Å². The van der Waals surface area contributed by atoms with Crippen LogP contribution in [0.4, 0.5) is 4.79 Å². The zero-order chi connectivity index (χ0) is 25.2. The highest BCUT2D eigenvalue weighted by atomic mass is 16.6. The summed E-state index contributed by atoms with van der Waals surface area (Å²) in [5, 5.41) is 0. The van der Waals surface area contributed by atoms with Crippen molar-refractivity contribution in [2.75, 3.05) is 13.2 Å². The summed E-state index contributed by atoms with van der Waals surface area (Å²) in [6.07, 6.45) is -0.0911. The van der Waals surface area contributed by atoms with Crippen LogP contribution < -0.4 is 0 Å². The van der Waals surface area contributed by atoms with E-state index in [2.05, 4.69) is 0 Å². The lowest BCUT2D eigenvalue weighted by atomic mass is 10.1. The second-order valence-electron chi connectivity index (χ2n) is 9.41. The van der Waals surface area contributed by atoms with Gasteiger partial charge in [0.05, 0.1) is 25.9 Å². The Hall–Kier alpha value is -3.19. The number of carbonyl (C=O) groups excluding carboxylic acids is 1. The Balaban J connectivity index is 1.40. The SMILES string of the molecule is CC1(C)O[C@H](COCc2ccccc2)[C@@H](CCOCc2ccccc2)N1C(=O)OCc1ccccc1. The topological polar surface area (TPSA) is 57.2 Å². The number of hydrogen-bond donors (Lipinski definition) is 0. The molecular weight excluding hydrogens is 454 g/mol. The van der Waals surface area contributed by atoms with Crippen LogP contribution in [0.25, 0.3) is 0 Å². The molecule has 0 spiro atoms. The van der Waals surface area contributed by atoms with Crippen molar-refractivity contribution in [3.8, 4) is 0 Å². The number of amides is 1. The Labute approximate surface area is 213 Å². The van der Waals surface area contributed by atoms with Crippen LogP contribution in [0.5, 0.6) is 0 Å². The molecule has 1 aliphatic rings. The maximum absolute atomic E-state index is 13.3. The van der Waals surface area contributed by atoms with E-state index in [1.165, 1.54) is 0 Å². The Morgan fingerprint density at radius 3 is 1.83 bits per heavy atom. The van der Waals surface area contributed by atoms with E-state index >= 15 is 0 Å². The van der Waals surface area contributed by atoms with Gasteiger partial charge in [-0.2, -0.15) is 0 Å². The molecule has 1 fully saturated rings. The molecule has 6 nitrogen and oxygen atoms in total. The molecule has 3 aromatic rings. The van der Waals surface area contributed by atoms with E-state index in [0.29, 0.717) is 32.8 Å². The predicted molar refractivity (Wildman–Crippen MR) is 138 cm³/mol. The number of rotatable bonds is 11.